The first-order valence-electron chi connectivity index (χ1n) is 10.4. The van der Waals surface area contributed by atoms with Crippen LogP contribution >= 0.6 is 23.4 Å². The fraction of sp³-hybridized carbons (Fsp3) is 0.308. The lowest BCUT2D eigenvalue weighted by atomic mass is 9.68. The topological polar surface area (TPSA) is 29.5 Å². The summed E-state index contributed by atoms with van der Waals surface area (Å²) >= 11 is 8.01. The molecule has 4 heteroatoms. The van der Waals surface area contributed by atoms with Crippen molar-refractivity contribution in [2.45, 2.75) is 37.1 Å². The van der Waals surface area contributed by atoms with Gasteiger partial charge in [0.2, 0.25) is 0 Å². The van der Waals surface area contributed by atoms with Crippen molar-refractivity contribution in [3.05, 3.63) is 107 Å². The van der Waals surface area contributed by atoms with E-state index >= 15 is 0 Å². The summed E-state index contributed by atoms with van der Waals surface area (Å²) in [6.45, 7) is 2.15. The summed E-state index contributed by atoms with van der Waals surface area (Å²) < 4.78 is 6.67. The zero-order valence-electron chi connectivity index (χ0n) is 17.1. The van der Waals surface area contributed by atoms with Crippen molar-refractivity contribution in [3.8, 4) is 0 Å². The van der Waals surface area contributed by atoms with E-state index in [2.05, 4.69) is 19.1 Å². The molecule has 4 rings (SSSR count). The van der Waals surface area contributed by atoms with Gasteiger partial charge in [-0.05, 0) is 34.6 Å². The minimum Gasteiger partial charge on any atom is -0.384 e. The van der Waals surface area contributed by atoms with E-state index in [-0.39, 0.29) is 18.1 Å². The zero-order valence-corrected chi connectivity index (χ0v) is 18.7. The average molecular weight is 439 g/mol. The van der Waals surface area contributed by atoms with Crippen LogP contribution in [0.5, 0.6) is 0 Å². The second-order valence-electron chi connectivity index (χ2n) is 7.77. The molecule has 1 saturated heterocycles. The molecule has 1 aliphatic heterocycles. The van der Waals surface area contributed by atoms with Gasteiger partial charge >= 0.3 is 0 Å². The SMILES string of the molecule is CCSC[C@@H]1C[C@](O)(c2ccccc2)[C@@H](c2ccccc2)[C@H](c2ccc(Cl)cc2)O1. The number of benzene rings is 3. The number of aliphatic hydroxyl groups is 1. The third-order valence-electron chi connectivity index (χ3n) is 5.83. The lowest BCUT2D eigenvalue weighted by Crippen LogP contribution is -2.47. The van der Waals surface area contributed by atoms with Crippen LogP contribution in [0.1, 0.15) is 42.1 Å². The van der Waals surface area contributed by atoms with E-state index in [0.717, 1.165) is 28.2 Å². The molecule has 1 fully saturated rings. The van der Waals surface area contributed by atoms with Crippen LogP contribution in [0, 0.1) is 0 Å². The van der Waals surface area contributed by atoms with Crippen molar-refractivity contribution in [2.24, 2.45) is 0 Å². The van der Waals surface area contributed by atoms with Gasteiger partial charge in [-0.2, -0.15) is 11.8 Å². The Bertz CT molecular complexity index is 932. The molecule has 0 saturated carbocycles. The van der Waals surface area contributed by atoms with Gasteiger partial charge in [0.1, 0.15) is 5.60 Å². The molecule has 156 valence electrons. The van der Waals surface area contributed by atoms with Crippen molar-refractivity contribution >= 4 is 23.4 Å². The van der Waals surface area contributed by atoms with Crippen LogP contribution in [0.25, 0.3) is 0 Å². The maximum Gasteiger partial charge on any atom is 0.102 e. The summed E-state index contributed by atoms with van der Waals surface area (Å²) in [4.78, 5) is 0. The van der Waals surface area contributed by atoms with Gasteiger partial charge in [0, 0.05) is 23.1 Å². The fourth-order valence-corrected chi connectivity index (χ4v) is 5.29. The molecule has 3 aromatic rings. The summed E-state index contributed by atoms with van der Waals surface area (Å²) in [6.07, 6.45) is 0.250. The highest BCUT2D eigenvalue weighted by atomic mass is 35.5. The molecule has 0 amide bonds. The molecule has 0 bridgehead atoms. The van der Waals surface area contributed by atoms with Crippen LogP contribution in [0.2, 0.25) is 5.02 Å². The molecule has 1 N–H and O–H groups in total. The van der Waals surface area contributed by atoms with Gasteiger partial charge in [-0.15, -0.1) is 0 Å². The summed E-state index contributed by atoms with van der Waals surface area (Å²) in [7, 11) is 0. The Kier molecular flexibility index (Phi) is 6.84. The Morgan fingerprint density at radius 3 is 2.20 bits per heavy atom. The van der Waals surface area contributed by atoms with Crippen molar-refractivity contribution in [2.75, 3.05) is 11.5 Å². The second kappa shape index (κ2) is 9.57. The van der Waals surface area contributed by atoms with Crippen LogP contribution in [-0.4, -0.2) is 22.7 Å². The van der Waals surface area contributed by atoms with E-state index in [0.29, 0.717) is 11.4 Å². The maximum absolute atomic E-state index is 12.3. The molecule has 0 aliphatic carbocycles. The first-order valence-corrected chi connectivity index (χ1v) is 12.0. The van der Waals surface area contributed by atoms with Gasteiger partial charge in [-0.3, -0.25) is 0 Å². The van der Waals surface area contributed by atoms with E-state index < -0.39 is 5.60 Å². The van der Waals surface area contributed by atoms with E-state index in [1.54, 1.807) is 0 Å². The third-order valence-corrected chi connectivity index (χ3v) is 7.10. The zero-order chi connectivity index (χ0) is 21.0. The van der Waals surface area contributed by atoms with Gasteiger partial charge in [-0.1, -0.05) is 91.3 Å². The Balaban J connectivity index is 1.85. The Hall–Kier alpha value is -1.78. The summed E-state index contributed by atoms with van der Waals surface area (Å²) in [5, 5.41) is 13.0. The molecule has 1 aliphatic rings. The van der Waals surface area contributed by atoms with E-state index in [1.165, 1.54) is 0 Å². The normalized spacial score (nSPS) is 26.4. The summed E-state index contributed by atoms with van der Waals surface area (Å²) in [5.74, 6) is 1.65. The molecule has 0 spiro atoms. The largest absolute Gasteiger partial charge is 0.384 e. The smallest absolute Gasteiger partial charge is 0.102 e. The standard InChI is InChI=1S/C26H27ClO2S/c1-2-30-18-23-17-26(28,21-11-7-4-8-12-21)24(19-9-5-3-6-10-19)25(29-23)20-13-15-22(27)16-14-20/h3-16,23-25,28H,2,17-18H2,1H3/t23-,24-,25-,26-/m0/s1. The third kappa shape index (κ3) is 4.45. The number of thioether (sulfide) groups is 1. The highest BCUT2D eigenvalue weighted by Gasteiger charge is 2.50. The van der Waals surface area contributed by atoms with Gasteiger partial charge in [0.25, 0.3) is 0 Å². The number of hydrogen-bond acceptors (Lipinski definition) is 3. The first-order chi connectivity index (χ1) is 14.6. The van der Waals surface area contributed by atoms with E-state index in [4.69, 9.17) is 16.3 Å². The number of rotatable bonds is 6. The molecule has 3 aromatic carbocycles. The van der Waals surface area contributed by atoms with Crippen LogP contribution in [-0.2, 0) is 10.3 Å². The predicted molar refractivity (Wildman–Crippen MR) is 126 cm³/mol. The minimum atomic E-state index is -1.04. The van der Waals surface area contributed by atoms with Gasteiger partial charge in [0.05, 0.1) is 12.2 Å². The molecule has 4 atom stereocenters. The fourth-order valence-electron chi connectivity index (χ4n) is 4.46. The molecular weight excluding hydrogens is 412 g/mol. The van der Waals surface area contributed by atoms with E-state index in [1.807, 2.05) is 84.6 Å². The predicted octanol–water partition coefficient (Wildman–Crippen LogP) is 6.59. The van der Waals surface area contributed by atoms with Crippen molar-refractivity contribution in [1.82, 2.24) is 0 Å². The summed E-state index contributed by atoms with van der Waals surface area (Å²) in [5.41, 5.74) is 2.01. The van der Waals surface area contributed by atoms with Crippen molar-refractivity contribution < 1.29 is 9.84 Å². The maximum atomic E-state index is 12.3. The number of hydrogen-bond donors (Lipinski definition) is 1. The Morgan fingerprint density at radius 1 is 0.933 bits per heavy atom. The van der Waals surface area contributed by atoms with Crippen molar-refractivity contribution in [1.29, 1.82) is 0 Å². The van der Waals surface area contributed by atoms with Crippen LogP contribution in [0.3, 0.4) is 0 Å². The first kappa shape index (κ1) is 21.5. The lowest BCUT2D eigenvalue weighted by Gasteiger charge is -2.48. The Labute approximate surface area is 188 Å². The monoisotopic (exact) mass is 438 g/mol. The quantitative estimate of drug-likeness (QED) is 0.470. The van der Waals surface area contributed by atoms with Gasteiger partial charge in [-0.25, -0.2) is 0 Å². The molecule has 30 heavy (non-hydrogen) atoms. The minimum absolute atomic E-state index is 0.0409. The van der Waals surface area contributed by atoms with Crippen LogP contribution in [0.4, 0.5) is 0 Å². The highest BCUT2D eigenvalue weighted by molar-refractivity contribution is 7.99. The van der Waals surface area contributed by atoms with Gasteiger partial charge < -0.3 is 9.84 Å². The average Bonchev–Trinajstić information content (AvgIpc) is 2.79. The number of ether oxygens (including phenoxy) is 1. The van der Waals surface area contributed by atoms with Crippen LogP contribution < -0.4 is 0 Å². The molecular formula is C26H27ClO2S. The molecule has 0 radical (unpaired) electrons. The van der Waals surface area contributed by atoms with Crippen molar-refractivity contribution in [3.63, 3.8) is 0 Å². The second-order valence-corrected chi connectivity index (χ2v) is 9.53. The number of halogens is 1. The molecule has 0 aromatic heterocycles. The highest BCUT2D eigenvalue weighted by Crippen LogP contribution is 2.53. The lowest BCUT2D eigenvalue weighted by molar-refractivity contribution is -0.161. The van der Waals surface area contributed by atoms with Crippen LogP contribution in [0.15, 0.2) is 84.9 Å². The molecule has 2 nitrogen and oxygen atoms in total. The Morgan fingerprint density at radius 2 is 1.57 bits per heavy atom. The molecule has 1 heterocycles. The molecule has 0 unspecified atom stereocenters. The van der Waals surface area contributed by atoms with E-state index in [9.17, 15) is 5.11 Å². The summed E-state index contributed by atoms with van der Waals surface area (Å²) in [6, 6.07) is 28.1. The van der Waals surface area contributed by atoms with Gasteiger partial charge in [0.15, 0.2) is 0 Å².